The average molecular weight is 319 g/mol. The van der Waals surface area contributed by atoms with Crippen LogP contribution in [0.5, 0.6) is 0 Å². The summed E-state index contributed by atoms with van der Waals surface area (Å²) in [6, 6.07) is 2.91. The minimum Gasteiger partial charge on any atom is -0.374 e. The number of benzene rings is 1. The van der Waals surface area contributed by atoms with Crippen molar-refractivity contribution in [2.24, 2.45) is 0 Å². The molecule has 2 aromatic rings. The maximum absolute atomic E-state index is 13.5. The van der Waals surface area contributed by atoms with Gasteiger partial charge in [-0.05, 0) is 26.8 Å². The van der Waals surface area contributed by atoms with E-state index < -0.39 is 5.82 Å². The molecule has 0 saturated heterocycles. The largest absolute Gasteiger partial charge is 0.374 e. The summed E-state index contributed by atoms with van der Waals surface area (Å²) < 4.78 is 21.2. The molecule has 1 heterocycles. The maximum atomic E-state index is 13.5. The Bertz CT molecular complexity index is 625. The molecule has 0 aliphatic carbocycles. The van der Waals surface area contributed by atoms with Gasteiger partial charge in [0.2, 0.25) is 0 Å². The lowest BCUT2D eigenvalue weighted by atomic mass is 10.1. The Hall–Kier alpha value is -0.840. The number of rotatable bonds is 5. The van der Waals surface area contributed by atoms with Gasteiger partial charge in [-0.1, -0.05) is 11.6 Å². The van der Waals surface area contributed by atoms with E-state index in [0.717, 1.165) is 5.52 Å². The fourth-order valence-corrected chi connectivity index (χ4v) is 2.63. The van der Waals surface area contributed by atoms with E-state index >= 15 is 0 Å². The van der Waals surface area contributed by atoms with Crippen LogP contribution in [0.3, 0.4) is 0 Å². The van der Waals surface area contributed by atoms with Gasteiger partial charge >= 0.3 is 0 Å². The molecule has 2 rings (SSSR count). The first-order valence-electron chi connectivity index (χ1n) is 6.42. The summed E-state index contributed by atoms with van der Waals surface area (Å²) in [4.78, 5) is 4.35. The molecule has 3 nitrogen and oxygen atoms in total. The summed E-state index contributed by atoms with van der Waals surface area (Å²) in [5.74, 6) is 0.445. The van der Waals surface area contributed by atoms with E-state index in [1.54, 1.807) is 6.07 Å². The highest BCUT2D eigenvalue weighted by atomic mass is 35.5. The highest BCUT2D eigenvalue weighted by Crippen LogP contribution is 2.26. The van der Waals surface area contributed by atoms with Crippen LogP contribution in [-0.4, -0.2) is 21.8 Å². The zero-order valence-electron chi connectivity index (χ0n) is 11.7. The molecule has 0 N–H and O–H groups in total. The third kappa shape index (κ3) is 3.08. The van der Waals surface area contributed by atoms with Crippen molar-refractivity contribution in [3.8, 4) is 0 Å². The lowest BCUT2D eigenvalue weighted by molar-refractivity contribution is -0.0220. The third-order valence-electron chi connectivity index (χ3n) is 3.06. The van der Waals surface area contributed by atoms with E-state index in [1.807, 2.05) is 25.3 Å². The standard InChI is InChI=1S/C14H17Cl2FN2O/c1-4-20-14(2,3)8-19-12-5-9(16)10(17)6-11(12)18-13(19)7-15/h5-6H,4,7-8H2,1-3H3. The Kier molecular flexibility index (Phi) is 4.57. The van der Waals surface area contributed by atoms with Crippen LogP contribution in [0.2, 0.25) is 5.02 Å². The van der Waals surface area contributed by atoms with Crippen molar-refractivity contribution in [3.63, 3.8) is 0 Å². The number of halogens is 3. The van der Waals surface area contributed by atoms with Crippen LogP contribution in [0.15, 0.2) is 12.1 Å². The van der Waals surface area contributed by atoms with Crippen LogP contribution in [0, 0.1) is 5.82 Å². The van der Waals surface area contributed by atoms with E-state index in [0.29, 0.717) is 24.5 Å². The van der Waals surface area contributed by atoms with Gasteiger partial charge in [0.25, 0.3) is 0 Å². The van der Waals surface area contributed by atoms with Crippen LogP contribution in [0.1, 0.15) is 26.6 Å². The monoisotopic (exact) mass is 318 g/mol. The fraction of sp³-hybridized carbons (Fsp3) is 0.500. The van der Waals surface area contributed by atoms with Gasteiger partial charge in [-0.2, -0.15) is 0 Å². The van der Waals surface area contributed by atoms with Gasteiger partial charge in [0, 0.05) is 12.7 Å². The van der Waals surface area contributed by atoms with Gasteiger partial charge in [0.05, 0.1) is 34.1 Å². The number of alkyl halides is 1. The molecule has 110 valence electrons. The van der Waals surface area contributed by atoms with Gasteiger partial charge in [-0.25, -0.2) is 9.37 Å². The molecular weight excluding hydrogens is 302 g/mol. The number of hydrogen-bond acceptors (Lipinski definition) is 2. The zero-order chi connectivity index (χ0) is 14.9. The van der Waals surface area contributed by atoms with Crippen molar-refractivity contribution in [2.45, 2.75) is 38.8 Å². The number of ether oxygens (including phenoxy) is 1. The van der Waals surface area contributed by atoms with Gasteiger partial charge in [0.15, 0.2) is 0 Å². The van der Waals surface area contributed by atoms with E-state index in [9.17, 15) is 4.39 Å². The third-order valence-corrected chi connectivity index (χ3v) is 3.59. The molecule has 0 unspecified atom stereocenters. The zero-order valence-corrected chi connectivity index (χ0v) is 13.2. The Balaban J connectivity index is 2.53. The Morgan fingerprint density at radius 2 is 2.10 bits per heavy atom. The summed E-state index contributed by atoms with van der Waals surface area (Å²) in [7, 11) is 0. The fourth-order valence-electron chi connectivity index (χ4n) is 2.27. The molecule has 0 radical (unpaired) electrons. The first-order valence-corrected chi connectivity index (χ1v) is 7.33. The van der Waals surface area contributed by atoms with Gasteiger partial charge in [0.1, 0.15) is 11.6 Å². The number of fused-ring (bicyclic) bond motifs is 1. The van der Waals surface area contributed by atoms with Crippen LogP contribution < -0.4 is 0 Å². The minimum absolute atomic E-state index is 0.0778. The summed E-state index contributed by atoms with van der Waals surface area (Å²) in [6.45, 7) is 7.12. The number of aromatic nitrogens is 2. The van der Waals surface area contributed by atoms with Crippen LogP contribution in [0.25, 0.3) is 11.0 Å². The van der Waals surface area contributed by atoms with Crippen molar-refractivity contribution in [1.82, 2.24) is 9.55 Å². The molecule has 0 amide bonds. The first-order chi connectivity index (χ1) is 9.38. The lowest BCUT2D eigenvalue weighted by Gasteiger charge is -2.26. The summed E-state index contributed by atoms with van der Waals surface area (Å²) in [5, 5.41) is 0.0778. The average Bonchev–Trinajstić information content (AvgIpc) is 2.67. The Labute approximate surface area is 127 Å². The topological polar surface area (TPSA) is 27.1 Å². The molecule has 0 spiro atoms. The highest BCUT2D eigenvalue weighted by Gasteiger charge is 2.22. The minimum atomic E-state index is -0.478. The SMILES string of the molecule is CCOC(C)(C)Cn1c(CCl)nc2cc(F)c(Cl)cc21. The number of nitrogens with zero attached hydrogens (tertiary/aromatic N) is 2. The van der Waals surface area contributed by atoms with Crippen molar-refractivity contribution in [3.05, 3.63) is 28.8 Å². The van der Waals surface area contributed by atoms with Crippen LogP contribution in [-0.2, 0) is 17.2 Å². The molecule has 0 saturated carbocycles. The molecule has 20 heavy (non-hydrogen) atoms. The second kappa shape index (κ2) is 5.88. The van der Waals surface area contributed by atoms with Crippen molar-refractivity contribution in [1.29, 1.82) is 0 Å². The molecular formula is C14H17Cl2FN2O. The second-order valence-corrected chi connectivity index (χ2v) is 5.87. The summed E-state index contributed by atoms with van der Waals surface area (Å²) in [6.07, 6.45) is 0. The predicted molar refractivity (Wildman–Crippen MR) is 80.0 cm³/mol. The van der Waals surface area contributed by atoms with Gasteiger partial charge in [-0.15, -0.1) is 11.6 Å². The first kappa shape index (κ1) is 15.5. The van der Waals surface area contributed by atoms with Gasteiger partial charge in [-0.3, -0.25) is 0 Å². The Morgan fingerprint density at radius 1 is 1.40 bits per heavy atom. The molecule has 0 bridgehead atoms. The maximum Gasteiger partial charge on any atom is 0.144 e. The number of hydrogen-bond donors (Lipinski definition) is 0. The smallest absolute Gasteiger partial charge is 0.144 e. The molecule has 6 heteroatoms. The van der Waals surface area contributed by atoms with Crippen LogP contribution in [0.4, 0.5) is 4.39 Å². The van der Waals surface area contributed by atoms with Crippen LogP contribution >= 0.6 is 23.2 Å². The number of imidazole rings is 1. The molecule has 0 aliphatic rings. The van der Waals surface area contributed by atoms with E-state index in [-0.39, 0.29) is 16.5 Å². The van der Waals surface area contributed by atoms with E-state index in [1.165, 1.54) is 6.07 Å². The predicted octanol–water partition coefficient (Wildman–Crippen LogP) is 4.38. The normalized spacial score (nSPS) is 12.3. The lowest BCUT2D eigenvalue weighted by Crippen LogP contribution is -2.31. The molecule has 1 aromatic carbocycles. The van der Waals surface area contributed by atoms with Crippen molar-refractivity contribution in [2.75, 3.05) is 6.61 Å². The van der Waals surface area contributed by atoms with Crippen molar-refractivity contribution < 1.29 is 9.13 Å². The Morgan fingerprint density at radius 3 is 2.70 bits per heavy atom. The van der Waals surface area contributed by atoms with Gasteiger partial charge < -0.3 is 9.30 Å². The van der Waals surface area contributed by atoms with Crippen molar-refractivity contribution >= 4 is 34.2 Å². The highest BCUT2D eigenvalue weighted by molar-refractivity contribution is 6.31. The summed E-state index contributed by atoms with van der Waals surface area (Å²) in [5.41, 5.74) is 0.944. The molecule has 0 aliphatic heterocycles. The molecule has 0 atom stereocenters. The van der Waals surface area contributed by atoms with E-state index in [2.05, 4.69) is 4.98 Å². The quantitative estimate of drug-likeness (QED) is 0.765. The second-order valence-electron chi connectivity index (χ2n) is 5.20. The van der Waals surface area contributed by atoms with E-state index in [4.69, 9.17) is 27.9 Å². The molecule has 0 fully saturated rings. The molecule has 1 aromatic heterocycles. The summed E-state index contributed by atoms with van der Waals surface area (Å²) >= 11 is 11.8.